The zero-order chi connectivity index (χ0) is 17.4. The van der Waals surface area contributed by atoms with Crippen LogP contribution in [-0.2, 0) is 26.2 Å². The molecule has 4 heteroatoms. The standard InChI is InChI=1S/C21H21NO3/c1-15-13-16-7-5-6-10-18(16)22(15)19(23)14-25-20(24)21(11-12-21)17-8-3-2-4-9-17/h2-10,15H,11-14H2,1H3/t15-/m0/s1. The fraction of sp³-hybridized carbons (Fsp3) is 0.333. The molecule has 0 aromatic heterocycles. The van der Waals surface area contributed by atoms with Crippen molar-refractivity contribution in [3.8, 4) is 0 Å². The van der Waals surface area contributed by atoms with Crippen molar-refractivity contribution in [1.29, 1.82) is 0 Å². The minimum Gasteiger partial charge on any atom is -0.455 e. The lowest BCUT2D eigenvalue weighted by molar-refractivity contribution is -0.150. The van der Waals surface area contributed by atoms with E-state index < -0.39 is 5.41 Å². The van der Waals surface area contributed by atoms with Crippen LogP contribution in [0.5, 0.6) is 0 Å². The maximum Gasteiger partial charge on any atom is 0.317 e. The molecule has 2 aromatic carbocycles. The Labute approximate surface area is 147 Å². The molecule has 4 nitrogen and oxygen atoms in total. The lowest BCUT2D eigenvalue weighted by Crippen LogP contribution is -2.39. The van der Waals surface area contributed by atoms with E-state index in [1.165, 1.54) is 0 Å². The topological polar surface area (TPSA) is 46.6 Å². The van der Waals surface area contributed by atoms with Gasteiger partial charge in [-0.25, -0.2) is 0 Å². The van der Waals surface area contributed by atoms with Gasteiger partial charge in [-0.3, -0.25) is 9.59 Å². The number of carbonyl (C=O) groups excluding carboxylic acids is 2. The minimum absolute atomic E-state index is 0.0904. The first-order valence-corrected chi connectivity index (χ1v) is 8.74. The summed E-state index contributed by atoms with van der Waals surface area (Å²) in [4.78, 5) is 27.0. The van der Waals surface area contributed by atoms with E-state index in [0.717, 1.165) is 36.1 Å². The van der Waals surface area contributed by atoms with Crippen LogP contribution in [0.25, 0.3) is 0 Å². The van der Waals surface area contributed by atoms with Crippen LogP contribution in [0.15, 0.2) is 54.6 Å². The lowest BCUT2D eigenvalue weighted by atomic mass is 9.96. The van der Waals surface area contributed by atoms with Crippen LogP contribution in [0.1, 0.15) is 30.9 Å². The number of rotatable bonds is 4. The molecule has 4 rings (SSSR count). The first kappa shape index (κ1) is 15.9. The summed E-state index contributed by atoms with van der Waals surface area (Å²) < 4.78 is 5.43. The van der Waals surface area contributed by atoms with Gasteiger partial charge in [-0.1, -0.05) is 48.5 Å². The summed E-state index contributed by atoms with van der Waals surface area (Å²) in [7, 11) is 0. The second kappa shape index (κ2) is 6.03. The third-order valence-corrected chi connectivity index (χ3v) is 5.27. The Kier molecular flexibility index (Phi) is 3.83. The van der Waals surface area contributed by atoms with Gasteiger partial charge in [0, 0.05) is 11.7 Å². The van der Waals surface area contributed by atoms with Crippen LogP contribution < -0.4 is 4.90 Å². The van der Waals surface area contributed by atoms with Gasteiger partial charge in [0.15, 0.2) is 6.61 Å². The number of ether oxygens (including phenoxy) is 1. The molecular weight excluding hydrogens is 314 g/mol. The molecular formula is C21H21NO3. The van der Waals surface area contributed by atoms with Crippen molar-refractivity contribution >= 4 is 17.6 Å². The molecule has 1 saturated carbocycles. The summed E-state index contributed by atoms with van der Waals surface area (Å²) >= 11 is 0. The van der Waals surface area contributed by atoms with Crippen molar-refractivity contribution in [2.24, 2.45) is 0 Å². The van der Waals surface area contributed by atoms with Crippen molar-refractivity contribution in [2.45, 2.75) is 37.6 Å². The van der Waals surface area contributed by atoms with E-state index in [4.69, 9.17) is 4.74 Å². The van der Waals surface area contributed by atoms with Gasteiger partial charge in [0.25, 0.3) is 5.91 Å². The van der Waals surface area contributed by atoms with Crippen molar-refractivity contribution in [1.82, 2.24) is 0 Å². The smallest absolute Gasteiger partial charge is 0.317 e. The molecule has 1 aliphatic heterocycles. The molecule has 0 radical (unpaired) electrons. The van der Waals surface area contributed by atoms with E-state index in [9.17, 15) is 9.59 Å². The van der Waals surface area contributed by atoms with Gasteiger partial charge in [0.2, 0.25) is 0 Å². The SMILES string of the molecule is C[C@H]1Cc2ccccc2N1C(=O)COC(=O)C1(c2ccccc2)CC1. The molecule has 0 bridgehead atoms. The fourth-order valence-corrected chi connectivity index (χ4v) is 3.77. The minimum atomic E-state index is -0.546. The maximum absolute atomic E-state index is 12.7. The summed E-state index contributed by atoms with van der Waals surface area (Å²) in [5, 5.41) is 0. The van der Waals surface area contributed by atoms with E-state index in [1.54, 1.807) is 4.90 Å². The van der Waals surface area contributed by atoms with Crippen molar-refractivity contribution in [3.63, 3.8) is 0 Å². The Morgan fingerprint density at radius 3 is 2.48 bits per heavy atom. The van der Waals surface area contributed by atoms with Crippen LogP contribution in [0.3, 0.4) is 0 Å². The number of hydrogen-bond donors (Lipinski definition) is 0. The van der Waals surface area contributed by atoms with Crippen LogP contribution >= 0.6 is 0 Å². The highest BCUT2D eigenvalue weighted by Gasteiger charge is 2.53. The highest BCUT2D eigenvalue weighted by molar-refractivity contribution is 5.98. The van der Waals surface area contributed by atoms with Crippen LogP contribution in [-0.4, -0.2) is 24.5 Å². The maximum atomic E-state index is 12.7. The van der Waals surface area contributed by atoms with E-state index >= 15 is 0 Å². The third kappa shape index (κ3) is 2.72. The highest BCUT2D eigenvalue weighted by Crippen LogP contribution is 2.49. The number of nitrogens with zero attached hydrogens (tertiary/aromatic N) is 1. The van der Waals surface area contributed by atoms with Gasteiger partial charge < -0.3 is 9.64 Å². The Hall–Kier alpha value is -2.62. The first-order valence-electron chi connectivity index (χ1n) is 8.74. The number of carbonyl (C=O) groups is 2. The summed E-state index contributed by atoms with van der Waals surface area (Å²) in [6.45, 7) is 1.82. The van der Waals surface area contributed by atoms with Gasteiger partial charge in [0.1, 0.15) is 0 Å². The molecule has 1 amide bonds. The average Bonchev–Trinajstić information content (AvgIpc) is 3.37. The summed E-state index contributed by atoms with van der Waals surface area (Å²) in [6.07, 6.45) is 2.41. The van der Waals surface area contributed by atoms with E-state index in [2.05, 4.69) is 0 Å². The number of esters is 1. The zero-order valence-electron chi connectivity index (χ0n) is 14.3. The third-order valence-electron chi connectivity index (χ3n) is 5.27. The van der Waals surface area contributed by atoms with Crippen LogP contribution in [0.2, 0.25) is 0 Å². The number of anilines is 1. The van der Waals surface area contributed by atoms with Crippen molar-refractivity contribution in [2.75, 3.05) is 11.5 Å². The summed E-state index contributed by atoms with van der Waals surface area (Å²) in [5.41, 5.74) is 2.53. The first-order chi connectivity index (χ1) is 12.1. The average molecular weight is 335 g/mol. The van der Waals surface area contributed by atoms with E-state index in [1.807, 2.05) is 61.5 Å². The molecule has 0 unspecified atom stereocenters. The molecule has 0 spiro atoms. The molecule has 1 heterocycles. The largest absolute Gasteiger partial charge is 0.455 e. The van der Waals surface area contributed by atoms with Gasteiger partial charge in [0.05, 0.1) is 5.41 Å². The van der Waals surface area contributed by atoms with Gasteiger partial charge in [-0.2, -0.15) is 0 Å². The van der Waals surface area contributed by atoms with Gasteiger partial charge in [-0.05, 0) is 43.4 Å². The zero-order valence-corrected chi connectivity index (χ0v) is 14.3. The van der Waals surface area contributed by atoms with Crippen LogP contribution in [0.4, 0.5) is 5.69 Å². The van der Waals surface area contributed by atoms with Crippen molar-refractivity contribution in [3.05, 3.63) is 65.7 Å². The van der Waals surface area contributed by atoms with Gasteiger partial charge >= 0.3 is 5.97 Å². The van der Waals surface area contributed by atoms with Crippen molar-refractivity contribution < 1.29 is 14.3 Å². The molecule has 128 valence electrons. The second-order valence-corrected chi connectivity index (χ2v) is 6.97. The molecule has 2 aromatic rings. The highest BCUT2D eigenvalue weighted by atomic mass is 16.5. The Morgan fingerprint density at radius 2 is 1.76 bits per heavy atom. The molecule has 1 fully saturated rings. The summed E-state index contributed by atoms with van der Waals surface area (Å²) in [5.74, 6) is -0.443. The van der Waals surface area contributed by atoms with Crippen LogP contribution in [0, 0.1) is 0 Å². The van der Waals surface area contributed by atoms with E-state index in [0.29, 0.717) is 0 Å². The number of benzene rings is 2. The predicted octanol–water partition coefficient (Wildman–Crippen LogP) is 3.24. The number of hydrogen-bond acceptors (Lipinski definition) is 3. The molecule has 0 saturated heterocycles. The Bertz CT molecular complexity index is 811. The van der Waals surface area contributed by atoms with Gasteiger partial charge in [-0.15, -0.1) is 0 Å². The molecule has 25 heavy (non-hydrogen) atoms. The molecule has 2 aliphatic rings. The normalized spacial score (nSPS) is 20.0. The number of para-hydroxylation sites is 1. The predicted molar refractivity (Wildman–Crippen MR) is 95.4 cm³/mol. The molecule has 1 atom stereocenters. The Balaban J connectivity index is 1.44. The Morgan fingerprint density at radius 1 is 1.08 bits per heavy atom. The molecule has 0 N–H and O–H groups in total. The number of fused-ring (bicyclic) bond motifs is 1. The van der Waals surface area contributed by atoms with E-state index in [-0.39, 0.29) is 24.5 Å². The second-order valence-electron chi connectivity index (χ2n) is 6.97. The lowest BCUT2D eigenvalue weighted by Gasteiger charge is -2.23. The monoisotopic (exact) mass is 335 g/mol. The molecule has 1 aliphatic carbocycles. The quantitative estimate of drug-likeness (QED) is 0.806. The number of amides is 1. The fourth-order valence-electron chi connectivity index (χ4n) is 3.77. The summed E-state index contributed by atoms with van der Waals surface area (Å²) in [6, 6.07) is 17.7.